The first-order valence-electron chi connectivity index (χ1n) is 9.30. The largest absolute Gasteiger partial charge is 0.480 e. The molecule has 2 rings (SSSR count). The molecule has 1 aliphatic rings. The van der Waals surface area contributed by atoms with E-state index >= 15 is 0 Å². The van der Waals surface area contributed by atoms with E-state index in [0.29, 0.717) is 32.1 Å². The predicted octanol–water partition coefficient (Wildman–Crippen LogP) is 2.23. The Balaban J connectivity index is 1.83. The van der Waals surface area contributed by atoms with E-state index in [1.54, 1.807) is 0 Å². The van der Waals surface area contributed by atoms with Gasteiger partial charge in [-0.05, 0) is 79.9 Å². The molecule has 1 aromatic rings. The van der Waals surface area contributed by atoms with E-state index in [0.717, 1.165) is 10.7 Å². The number of esters is 3. The van der Waals surface area contributed by atoms with Crippen LogP contribution >= 0.6 is 67.8 Å². The Hall–Kier alpha value is -0.460. The van der Waals surface area contributed by atoms with Gasteiger partial charge in [0.15, 0.2) is 12.7 Å². The Morgan fingerprint density at radius 1 is 1.03 bits per heavy atom. The molecular formula is C19H22I3NO8. The zero-order valence-electron chi connectivity index (χ0n) is 16.7. The second kappa shape index (κ2) is 13.9. The van der Waals surface area contributed by atoms with Gasteiger partial charge in [-0.15, -0.1) is 0 Å². The summed E-state index contributed by atoms with van der Waals surface area (Å²) >= 11 is 6.48. The molecule has 1 saturated heterocycles. The number of rotatable bonds is 10. The third-order valence-corrected chi connectivity index (χ3v) is 6.18. The van der Waals surface area contributed by atoms with Crippen molar-refractivity contribution >= 4 is 85.7 Å². The summed E-state index contributed by atoms with van der Waals surface area (Å²) in [6.45, 7) is 2.96. The lowest BCUT2D eigenvalue weighted by molar-refractivity contribution is -0.168. The highest BCUT2D eigenvalue weighted by atomic mass is 127. The minimum atomic E-state index is -0.903. The average molecular weight is 773 g/mol. The molecule has 1 fully saturated rings. The van der Waals surface area contributed by atoms with E-state index in [-0.39, 0.29) is 26.4 Å². The van der Waals surface area contributed by atoms with Crippen LogP contribution in [0.2, 0.25) is 0 Å². The molecule has 1 unspecified atom stereocenters. The highest BCUT2D eigenvalue weighted by Gasteiger charge is 2.22. The van der Waals surface area contributed by atoms with Crippen molar-refractivity contribution in [3.8, 4) is 5.75 Å². The second-order valence-electron chi connectivity index (χ2n) is 6.47. The van der Waals surface area contributed by atoms with Crippen LogP contribution in [0.3, 0.4) is 0 Å². The summed E-state index contributed by atoms with van der Waals surface area (Å²) in [7, 11) is 0. The summed E-state index contributed by atoms with van der Waals surface area (Å²) in [5, 5.41) is 0. The number of benzene rings is 1. The first-order chi connectivity index (χ1) is 14.7. The highest BCUT2D eigenvalue weighted by Crippen LogP contribution is 2.29. The third-order valence-electron chi connectivity index (χ3n) is 3.95. The van der Waals surface area contributed by atoms with Crippen molar-refractivity contribution in [3.63, 3.8) is 0 Å². The quantitative estimate of drug-likeness (QED) is 0.202. The van der Waals surface area contributed by atoms with Crippen molar-refractivity contribution in [2.45, 2.75) is 13.0 Å². The van der Waals surface area contributed by atoms with E-state index in [4.69, 9.17) is 23.7 Å². The van der Waals surface area contributed by atoms with E-state index < -0.39 is 24.0 Å². The van der Waals surface area contributed by atoms with E-state index in [9.17, 15) is 14.4 Å². The maximum absolute atomic E-state index is 12.2. The van der Waals surface area contributed by atoms with Gasteiger partial charge in [-0.3, -0.25) is 14.5 Å². The van der Waals surface area contributed by atoms with E-state index in [2.05, 4.69) is 67.8 Å². The van der Waals surface area contributed by atoms with Crippen molar-refractivity contribution in [3.05, 3.63) is 22.8 Å². The average Bonchev–Trinajstić information content (AvgIpc) is 2.69. The smallest absolute Gasteiger partial charge is 0.344 e. The molecule has 1 heterocycles. The van der Waals surface area contributed by atoms with Crippen molar-refractivity contribution in [2.24, 2.45) is 0 Å². The molecule has 0 aromatic heterocycles. The number of nitrogens with zero attached hydrogens (tertiary/aromatic N) is 1. The van der Waals surface area contributed by atoms with Gasteiger partial charge in [0, 0.05) is 23.6 Å². The molecule has 0 radical (unpaired) electrons. The molecule has 0 spiro atoms. The van der Waals surface area contributed by atoms with Crippen LogP contribution in [0, 0.1) is 10.7 Å². The van der Waals surface area contributed by atoms with Gasteiger partial charge < -0.3 is 23.7 Å². The number of halogens is 3. The maximum atomic E-state index is 12.2. The minimum Gasteiger partial charge on any atom is -0.480 e. The van der Waals surface area contributed by atoms with Crippen LogP contribution in [-0.2, 0) is 33.3 Å². The van der Waals surface area contributed by atoms with Crippen molar-refractivity contribution in [2.75, 3.05) is 52.7 Å². The Morgan fingerprint density at radius 2 is 1.65 bits per heavy atom. The summed E-state index contributed by atoms with van der Waals surface area (Å²) in [5.74, 6) is -1.03. The fourth-order valence-electron chi connectivity index (χ4n) is 2.52. The molecule has 1 atom stereocenters. The third kappa shape index (κ3) is 10.3. The number of morpholine rings is 1. The topological polar surface area (TPSA) is 101 Å². The molecule has 31 heavy (non-hydrogen) atoms. The zero-order valence-corrected chi connectivity index (χ0v) is 23.2. The molecule has 172 valence electrons. The number of hydrogen-bond donors (Lipinski definition) is 0. The lowest BCUT2D eigenvalue weighted by Gasteiger charge is -2.26. The van der Waals surface area contributed by atoms with Crippen LogP contribution < -0.4 is 4.74 Å². The van der Waals surface area contributed by atoms with Crippen LogP contribution in [0.15, 0.2) is 12.1 Å². The lowest BCUT2D eigenvalue weighted by Crippen LogP contribution is -2.41. The molecular weight excluding hydrogens is 751 g/mol. The summed E-state index contributed by atoms with van der Waals surface area (Å²) < 4.78 is 29.1. The van der Waals surface area contributed by atoms with Gasteiger partial charge in [-0.1, -0.05) is 0 Å². The molecule has 9 nitrogen and oxygen atoms in total. The predicted molar refractivity (Wildman–Crippen MR) is 135 cm³/mol. The first kappa shape index (κ1) is 26.8. The maximum Gasteiger partial charge on any atom is 0.344 e. The van der Waals surface area contributed by atoms with Gasteiger partial charge in [0.2, 0.25) is 0 Å². The van der Waals surface area contributed by atoms with Gasteiger partial charge >= 0.3 is 17.9 Å². The number of hydrogen-bond acceptors (Lipinski definition) is 9. The highest BCUT2D eigenvalue weighted by molar-refractivity contribution is 14.1. The van der Waals surface area contributed by atoms with E-state index in [1.165, 1.54) is 6.92 Å². The summed E-state index contributed by atoms with van der Waals surface area (Å²) in [5.41, 5.74) is 0. The molecule has 1 aliphatic heterocycles. The SMILES string of the molecule is CC(=O)OCC(COC(=O)COc1c(I)cc(I)cc1I)OC(=O)CN1CCOCC1. The molecule has 0 amide bonds. The molecule has 0 saturated carbocycles. The first-order valence-corrected chi connectivity index (χ1v) is 12.5. The van der Waals surface area contributed by atoms with Crippen molar-refractivity contribution in [1.29, 1.82) is 0 Å². The minimum absolute atomic E-state index is 0.0840. The Labute approximate surface area is 221 Å². The van der Waals surface area contributed by atoms with Gasteiger partial charge in [0.25, 0.3) is 0 Å². The van der Waals surface area contributed by atoms with Crippen LogP contribution in [0.4, 0.5) is 0 Å². The lowest BCUT2D eigenvalue weighted by atomic mass is 10.3. The summed E-state index contributed by atoms with van der Waals surface area (Å²) in [4.78, 5) is 37.4. The monoisotopic (exact) mass is 773 g/mol. The van der Waals surface area contributed by atoms with Crippen LogP contribution in [0.5, 0.6) is 5.75 Å². The summed E-state index contributed by atoms with van der Waals surface area (Å²) in [6.07, 6.45) is -0.903. The standard InChI is InChI=1S/C19H22I3NO8/c1-12(24)28-9-14(31-17(25)8-23-2-4-27-5-3-23)10-29-18(26)11-30-19-15(21)6-13(20)7-16(19)22/h6-7,14H,2-5,8-11H2,1H3. The Kier molecular flexibility index (Phi) is 12.1. The van der Waals surface area contributed by atoms with Gasteiger partial charge in [0.1, 0.15) is 19.0 Å². The van der Waals surface area contributed by atoms with Gasteiger partial charge in [-0.25, -0.2) is 4.79 Å². The number of carbonyl (C=O) groups is 3. The molecule has 0 bridgehead atoms. The fourth-order valence-corrected chi connectivity index (χ4v) is 6.41. The Morgan fingerprint density at radius 3 is 2.26 bits per heavy atom. The van der Waals surface area contributed by atoms with Crippen LogP contribution in [0.1, 0.15) is 6.92 Å². The molecule has 12 heteroatoms. The molecule has 0 N–H and O–H groups in total. The normalized spacial score (nSPS) is 15.1. The summed E-state index contributed by atoms with van der Waals surface area (Å²) in [6, 6.07) is 3.87. The molecule has 0 aliphatic carbocycles. The molecule has 1 aromatic carbocycles. The Bertz CT molecular complexity index is 762. The number of ether oxygens (including phenoxy) is 5. The van der Waals surface area contributed by atoms with Crippen LogP contribution in [0.25, 0.3) is 0 Å². The van der Waals surface area contributed by atoms with Gasteiger partial charge in [-0.2, -0.15) is 0 Å². The van der Waals surface area contributed by atoms with Gasteiger partial charge in [0.05, 0.1) is 26.9 Å². The van der Waals surface area contributed by atoms with Crippen molar-refractivity contribution in [1.82, 2.24) is 4.90 Å². The van der Waals surface area contributed by atoms with Crippen molar-refractivity contribution < 1.29 is 38.1 Å². The number of carbonyl (C=O) groups excluding carboxylic acids is 3. The second-order valence-corrected chi connectivity index (χ2v) is 10.0. The zero-order chi connectivity index (χ0) is 22.8. The van der Waals surface area contributed by atoms with E-state index in [1.807, 2.05) is 17.0 Å². The van der Waals surface area contributed by atoms with Crippen LogP contribution in [-0.4, -0.2) is 81.6 Å². The fraction of sp³-hybridized carbons (Fsp3) is 0.526.